The average molecular weight is 361 g/mol. The van der Waals surface area contributed by atoms with Crippen LogP contribution in [0.15, 0.2) is 11.4 Å². The van der Waals surface area contributed by atoms with E-state index < -0.39 is 5.97 Å². The zero-order chi connectivity index (χ0) is 17.8. The smallest absolute Gasteiger partial charge is 0.304 e. The summed E-state index contributed by atoms with van der Waals surface area (Å²) >= 11 is 1.55. The van der Waals surface area contributed by atoms with Gasteiger partial charge in [0.15, 0.2) is 5.13 Å². The standard InChI is InChI=1S/C17H23N5O2S/c1-11-10-25-17(18-11)21-15-9-13(19-12(2)20-15)14-5-3-4-7-22(14)8-6-16(23)24/h9-10,14H,3-8H2,1-2H3,(H,23,24)(H,18,19,20,21). The van der Waals surface area contributed by atoms with Crippen LogP contribution in [0.2, 0.25) is 0 Å². The summed E-state index contributed by atoms with van der Waals surface area (Å²) in [7, 11) is 0. The van der Waals surface area contributed by atoms with Gasteiger partial charge in [0.2, 0.25) is 0 Å². The lowest BCUT2D eigenvalue weighted by molar-refractivity contribution is -0.137. The number of likely N-dealkylation sites (tertiary alicyclic amines) is 1. The monoisotopic (exact) mass is 361 g/mol. The Hall–Kier alpha value is -2.06. The van der Waals surface area contributed by atoms with Crippen LogP contribution in [0.4, 0.5) is 10.9 Å². The summed E-state index contributed by atoms with van der Waals surface area (Å²) in [5.41, 5.74) is 1.93. The number of aromatic nitrogens is 3. The van der Waals surface area contributed by atoms with E-state index in [1.807, 2.05) is 25.3 Å². The van der Waals surface area contributed by atoms with E-state index in [0.29, 0.717) is 12.4 Å². The molecule has 0 saturated carbocycles. The molecule has 2 aromatic rings. The predicted molar refractivity (Wildman–Crippen MR) is 97.3 cm³/mol. The molecule has 0 amide bonds. The van der Waals surface area contributed by atoms with Crippen molar-refractivity contribution in [2.45, 2.75) is 45.6 Å². The molecular weight excluding hydrogens is 338 g/mol. The summed E-state index contributed by atoms with van der Waals surface area (Å²) in [4.78, 5) is 26.7. The van der Waals surface area contributed by atoms with Gasteiger partial charge in [-0.25, -0.2) is 15.0 Å². The maximum Gasteiger partial charge on any atom is 0.304 e. The van der Waals surface area contributed by atoms with Crippen LogP contribution in [0.25, 0.3) is 0 Å². The summed E-state index contributed by atoms with van der Waals surface area (Å²) in [5, 5.41) is 15.0. The Morgan fingerprint density at radius 1 is 1.36 bits per heavy atom. The number of nitrogens with one attached hydrogen (secondary N) is 1. The number of aliphatic carboxylic acids is 1. The molecule has 1 saturated heterocycles. The summed E-state index contributed by atoms with van der Waals surface area (Å²) in [6, 6.07) is 2.11. The second kappa shape index (κ2) is 7.88. The number of carbonyl (C=O) groups is 1. The Morgan fingerprint density at radius 3 is 2.92 bits per heavy atom. The van der Waals surface area contributed by atoms with Gasteiger partial charge < -0.3 is 10.4 Å². The van der Waals surface area contributed by atoms with Crippen molar-refractivity contribution in [3.05, 3.63) is 28.7 Å². The molecule has 0 aliphatic carbocycles. The van der Waals surface area contributed by atoms with Gasteiger partial charge in [-0.15, -0.1) is 11.3 Å². The molecule has 25 heavy (non-hydrogen) atoms. The molecule has 8 heteroatoms. The number of carboxylic acid groups (broad SMARTS) is 1. The molecule has 0 aromatic carbocycles. The van der Waals surface area contributed by atoms with Crippen LogP contribution in [0.3, 0.4) is 0 Å². The first-order valence-electron chi connectivity index (χ1n) is 8.52. The molecule has 2 aromatic heterocycles. The third kappa shape index (κ3) is 4.73. The van der Waals surface area contributed by atoms with E-state index in [-0.39, 0.29) is 12.5 Å². The van der Waals surface area contributed by atoms with Crippen LogP contribution >= 0.6 is 11.3 Å². The minimum Gasteiger partial charge on any atom is -0.481 e. The van der Waals surface area contributed by atoms with Gasteiger partial charge in [0.25, 0.3) is 0 Å². The molecule has 1 fully saturated rings. The number of hydrogen-bond donors (Lipinski definition) is 2. The molecule has 3 rings (SSSR count). The Kier molecular flexibility index (Phi) is 5.60. The fourth-order valence-electron chi connectivity index (χ4n) is 3.18. The van der Waals surface area contributed by atoms with Gasteiger partial charge in [-0.1, -0.05) is 6.42 Å². The van der Waals surface area contributed by atoms with Crippen LogP contribution in [-0.4, -0.2) is 44.0 Å². The highest BCUT2D eigenvalue weighted by molar-refractivity contribution is 7.13. The fraction of sp³-hybridized carbons (Fsp3) is 0.529. The maximum atomic E-state index is 10.9. The summed E-state index contributed by atoms with van der Waals surface area (Å²) in [5.74, 6) is 0.683. The molecule has 2 N–H and O–H groups in total. The van der Waals surface area contributed by atoms with Crippen molar-refractivity contribution in [3.8, 4) is 0 Å². The first-order valence-corrected chi connectivity index (χ1v) is 9.40. The first-order chi connectivity index (χ1) is 12.0. The van der Waals surface area contributed by atoms with E-state index in [1.165, 1.54) is 0 Å². The second-order valence-corrected chi connectivity index (χ2v) is 7.19. The number of aryl methyl sites for hydroxylation is 2. The number of nitrogens with zero attached hydrogens (tertiary/aromatic N) is 4. The Bertz CT molecular complexity index is 748. The van der Waals surface area contributed by atoms with E-state index in [9.17, 15) is 4.79 Å². The Labute approximate surface area is 151 Å². The number of hydrogen-bond acceptors (Lipinski definition) is 7. The Balaban J connectivity index is 1.80. The van der Waals surface area contributed by atoms with E-state index in [2.05, 4.69) is 25.2 Å². The number of anilines is 2. The molecule has 1 aliphatic heterocycles. The van der Waals surface area contributed by atoms with Gasteiger partial charge in [0.1, 0.15) is 11.6 Å². The van der Waals surface area contributed by atoms with Gasteiger partial charge in [0, 0.05) is 18.0 Å². The van der Waals surface area contributed by atoms with Crippen LogP contribution in [0.5, 0.6) is 0 Å². The summed E-state index contributed by atoms with van der Waals surface area (Å²) in [6.45, 7) is 5.31. The van der Waals surface area contributed by atoms with Crippen molar-refractivity contribution in [2.24, 2.45) is 0 Å². The van der Waals surface area contributed by atoms with Crippen LogP contribution in [0, 0.1) is 13.8 Å². The van der Waals surface area contributed by atoms with Crippen molar-refractivity contribution < 1.29 is 9.90 Å². The molecule has 0 spiro atoms. The second-order valence-electron chi connectivity index (χ2n) is 6.34. The van der Waals surface area contributed by atoms with Crippen molar-refractivity contribution in [1.82, 2.24) is 19.9 Å². The molecule has 1 unspecified atom stereocenters. The molecule has 0 bridgehead atoms. The minimum atomic E-state index is -0.760. The number of carboxylic acids is 1. The topological polar surface area (TPSA) is 91.2 Å². The van der Waals surface area contributed by atoms with Gasteiger partial charge in [-0.2, -0.15) is 0 Å². The third-order valence-electron chi connectivity index (χ3n) is 4.28. The zero-order valence-electron chi connectivity index (χ0n) is 14.5. The van der Waals surface area contributed by atoms with Crippen molar-refractivity contribution >= 4 is 28.3 Å². The summed E-state index contributed by atoms with van der Waals surface area (Å²) in [6.07, 6.45) is 3.38. The van der Waals surface area contributed by atoms with Gasteiger partial charge in [0.05, 0.1) is 23.9 Å². The average Bonchev–Trinajstić information content (AvgIpc) is 2.97. The van der Waals surface area contributed by atoms with Gasteiger partial charge in [-0.3, -0.25) is 9.69 Å². The molecule has 1 atom stereocenters. The highest BCUT2D eigenvalue weighted by Gasteiger charge is 2.26. The lowest BCUT2D eigenvalue weighted by Gasteiger charge is -2.35. The maximum absolute atomic E-state index is 10.9. The van der Waals surface area contributed by atoms with Crippen LogP contribution in [-0.2, 0) is 4.79 Å². The van der Waals surface area contributed by atoms with Crippen LogP contribution < -0.4 is 5.32 Å². The lowest BCUT2D eigenvalue weighted by atomic mass is 9.98. The molecule has 1 aliphatic rings. The number of thiazole rings is 1. The largest absolute Gasteiger partial charge is 0.481 e. The minimum absolute atomic E-state index is 0.147. The number of rotatable bonds is 6. The SMILES string of the molecule is Cc1csc(Nc2cc(C3CCCCN3CCC(=O)O)nc(C)n2)n1. The molecule has 7 nitrogen and oxygen atoms in total. The highest BCUT2D eigenvalue weighted by atomic mass is 32.1. The van der Waals surface area contributed by atoms with E-state index >= 15 is 0 Å². The van der Waals surface area contributed by atoms with Crippen molar-refractivity contribution in [3.63, 3.8) is 0 Å². The van der Waals surface area contributed by atoms with Gasteiger partial charge in [-0.05, 0) is 33.2 Å². The fourth-order valence-corrected chi connectivity index (χ4v) is 3.87. The van der Waals surface area contributed by atoms with Gasteiger partial charge >= 0.3 is 5.97 Å². The molecule has 3 heterocycles. The van der Waals surface area contributed by atoms with E-state index in [0.717, 1.165) is 48.1 Å². The highest BCUT2D eigenvalue weighted by Crippen LogP contribution is 2.31. The predicted octanol–water partition coefficient (Wildman–Crippen LogP) is 3.30. The van der Waals surface area contributed by atoms with E-state index in [4.69, 9.17) is 5.11 Å². The summed E-state index contributed by atoms with van der Waals surface area (Å²) < 4.78 is 0. The molecule has 0 radical (unpaired) electrons. The third-order valence-corrected chi connectivity index (χ3v) is 5.16. The van der Waals surface area contributed by atoms with Crippen LogP contribution in [0.1, 0.15) is 48.9 Å². The Morgan fingerprint density at radius 2 is 2.20 bits per heavy atom. The molecular formula is C17H23N5O2S. The van der Waals surface area contributed by atoms with Crippen molar-refractivity contribution in [1.29, 1.82) is 0 Å². The quantitative estimate of drug-likeness (QED) is 0.815. The van der Waals surface area contributed by atoms with E-state index in [1.54, 1.807) is 11.3 Å². The molecule has 134 valence electrons. The normalized spacial score (nSPS) is 18.2. The zero-order valence-corrected chi connectivity index (χ0v) is 15.3. The first kappa shape index (κ1) is 17.8. The van der Waals surface area contributed by atoms with Crippen molar-refractivity contribution in [2.75, 3.05) is 18.4 Å². The lowest BCUT2D eigenvalue weighted by Crippen LogP contribution is -2.35. The number of piperidine rings is 1.